The Hall–Kier alpha value is -2.20. The molecule has 0 bridgehead atoms. The number of rotatable bonds is 6. The lowest BCUT2D eigenvalue weighted by Gasteiger charge is -2.16. The van der Waals surface area contributed by atoms with Crippen molar-refractivity contribution in [3.05, 3.63) is 65.0 Å². The molecule has 2 aromatic carbocycles. The first kappa shape index (κ1) is 16.7. The van der Waals surface area contributed by atoms with Crippen molar-refractivity contribution in [3.8, 4) is 5.75 Å². The SMILES string of the molecule is Cc1ccc(OCc2ccccc2F)c(C(=O)CN2CCCC2)c1. The van der Waals surface area contributed by atoms with Crippen LogP contribution in [0.4, 0.5) is 4.39 Å². The summed E-state index contributed by atoms with van der Waals surface area (Å²) in [5, 5.41) is 0. The fourth-order valence-corrected chi connectivity index (χ4v) is 2.99. The maximum absolute atomic E-state index is 13.7. The Balaban J connectivity index is 1.75. The smallest absolute Gasteiger partial charge is 0.180 e. The fraction of sp³-hybridized carbons (Fsp3) is 0.350. The number of Topliss-reactive ketones (excluding diaryl/α,β-unsaturated/α-hetero) is 1. The predicted octanol–water partition coefficient (Wildman–Crippen LogP) is 3.99. The highest BCUT2D eigenvalue weighted by atomic mass is 19.1. The summed E-state index contributed by atoms with van der Waals surface area (Å²) >= 11 is 0. The summed E-state index contributed by atoms with van der Waals surface area (Å²) in [5.41, 5.74) is 2.08. The minimum atomic E-state index is -0.297. The number of benzene rings is 2. The van der Waals surface area contributed by atoms with Gasteiger partial charge in [-0.05, 0) is 51.1 Å². The van der Waals surface area contributed by atoms with Gasteiger partial charge in [-0.3, -0.25) is 9.69 Å². The van der Waals surface area contributed by atoms with E-state index in [0.29, 0.717) is 23.4 Å². The van der Waals surface area contributed by atoms with Gasteiger partial charge in [-0.15, -0.1) is 0 Å². The minimum absolute atomic E-state index is 0.0594. The maximum atomic E-state index is 13.7. The molecule has 2 aromatic rings. The highest BCUT2D eigenvalue weighted by Gasteiger charge is 2.19. The van der Waals surface area contributed by atoms with Crippen LogP contribution >= 0.6 is 0 Å². The van der Waals surface area contributed by atoms with Gasteiger partial charge in [0.2, 0.25) is 0 Å². The van der Waals surface area contributed by atoms with Gasteiger partial charge >= 0.3 is 0 Å². The van der Waals surface area contributed by atoms with Crippen molar-refractivity contribution in [2.45, 2.75) is 26.4 Å². The lowest BCUT2D eigenvalue weighted by atomic mass is 10.1. The summed E-state index contributed by atoms with van der Waals surface area (Å²) in [4.78, 5) is 14.8. The Kier molecular flexibility index (Phi) is 5.26. The molecular weight excluding hydrogens is 305 g/mol. The standard InChI is InChI=1S/C20H22FNO2/c1-15-8-9-20(24-14-16-6-2-3-7-18(16)21)17(12-15)19(23)13-22-10-4-5-11-22/h2-3,6-9,12H,4-5,10-11,13-14H2,1H3. The van der Waals surface area contributed by atoms with Gasteiger partial charge in [0.05, 0.1) is 12.1 Å². The van der Waals surface area contributed by atoms with Gasteiger partial charge in [-0.2, -0.15) is 0 Å². The van der Waals surface area contributed by atoms with E-state index in [1.165, 1.54) is 6.07 Å². The van der Waals surface area contributed by atoms with E-state index in [-0.39, 0.29) is 18.2 Å². The number of halogens is 1. The van der Waals surface area contributed by atoms with E-state index in [2.05, 4.69) is 4.90 Å². The van der Waals surface area contributed by atoms with E-state index in [4.69, 9.17) is 4.74 Å². The van der Waals surface area contributed by atoms with Crippen LogP contribution in [-0.2, 0) is 6.61 Å². The van der Waals surface area contributed by atoms with Crippen LogP contribution < -0.4 is 4.74 Å². The Morgan fingerprint density at radius 2 is 1.92 bits per heavy atom. The van der Waals surface area contributed by atoms with Crippen LogP contribution in [0.2, 0.25) is 0 Å². The number of ether oxygens (including phenoxy) is 1. The van der Waals surface area contributed by atoms with Crippen LogP contribution in [-0.4, -0.2) is 30.3 Å². The lowest BCUT2D eigenvalue weighted by Crippen LogP contribution is -2.27. The largest absolute Gasteiger partial charge is 0.488 e. The van der Waals surface area contributed by atoms with Crippen molar-refractivity contribution in [1.82, 2.24) is 4.90 Å². The Bertz CT molecular complexity index is 723. The van der Waals surface area contributed by atoms with E-state index < -0.39 is 0 Å². The first-order chi connectivity index (χ1) is 11.6. The van der Waals surface area contributed by atoms with Crippen LogP contribution in [0.3, 0.4) is 0 Å². The number of likely N-dealkylation sites (tertiary alicyclic amines) is 1. The molecule has 1 aliphatic rings. The first-order valence-electron chi connectivity index (χ1n) is 8.36. The molecule has 1 aliphatic heterocycles. The highest BCUT2D eigenvalue weighted by Crippen LogP contribution is 2.23. The number of aryl methyl sites for hydroxylation is 1. The molecule has 0 radical (unpaired) electrons. The Morgan fingerprint density at radius 3 is 2.67 bits per heavy atom. The summed E-state index contributed by atoms with van der Waals surface area (Å²) in [5.74, 6) is 0.284. The van der Waals surface area contributed by atoms with Crippen LogP contribution in [0.15, 0.2) is 42.5 Å². The van der Waals surface area contributed by atoms with Gasteiger partial charge in [0.1, 0.15) is 18.2 Å². The zero-order chi connectivity index (χ0) is 16.9. The highest BCUT2D eigenvalue weighted by molar-refractivity contribution is 6.00. The Morgan fingerprint density at radius 1 is 1.17 bits per heavy atom. The van der Waals surface area contributed by atoms with E-state index in [1.54, 1.807) is 24.3 Å². The van der Waals surface area contributed by atoms with Gasteiger partial charge in [0.15, 0.2) is 5.78 Å². The van der Waals surface area contributed by atoms with Gasteiger partial charge in [0, 0.05) is 5.56 Å². The third-order valence-electron chi connectivity index (χ3n) is 4.34. The van der Waals surface area contributed by atoms with Crippen LogP contribution in [0.25, 0.3) is 0 Å². The average molecular weight is 327 g/mol. The second-order valence-corrected chi connectivity index (χ2v) is 6.29. The Labute approximate surface area is 142 Å². The molecule has 0 saturated carbocycles. The summed E-state index contributed by atoms with van der Waals surface area (Å²) in [6, 6.07) is 12.1. The summed E-state index contributed by atoms with van der Waals surface area (Å²) in [6.45, 7) is 4.43. The molecule has 0 N–H and O–H groups in total. The summed E-state index contributed by atoms with van der Waals surface area (Å²) in [6.07, 6.45) is 2.30. The number of carbonyl (C=O) groups is 1. The zero-order valence-electron chi connectivity index (χ0n) is 13.9. The molecule has 1 saturated heterocycles. The number of hydrogen-bond acceptors (Lipinski definition) is 3. The van der Waals surface area contributed by atoms with Crippen molar-refractivity contribution in [2.75, 3.05) is 19.6 Å². The molecule has 1 fully saturated rings. The number of hydrogen-bond donors (Lipinski definition) is 0. The van der Waals surface area contributed by atoms with E-state index in [1.807, 2.05) is 19.1 Å². The lowest BCUT2D eigenvalue weighted by molar-refractivity contribution is 0.0940. The van der Waals surface area contributed by atoms with Gasteiger partial charge in [-0.1, -0.05) is 29.8 Å². The predicted molar refractivity (Wildman–Crippen MR) is 91.9 cm³/mol. The second kappa shape index (κ2) is 7.58. The molecular formula is C20H22FNO2. The van der Waals surface area contributed by atoms with Crippen molar-refractivity contribution in [3.63, 3.8) is 0 Å². The first-order valence-corrected chi connectivity index (χ1v) is 8.36. The second-order valence-electron chi connectivity index (χ2n) is 6.29. The molecule has 24 heavy (non-hydrogen) atoms. The zero-order valence-corrected chi connectivity index (χ0v) is 13.9. The topological polar surface area (TPSA) is 29.5 Å². The van der Waals surface area contributed by atoms with Crippen molar-refractivity contribution in [1.29, 1.82) is 0 Å². The maximum Gasteiger partial charge on any atom is 0.180 e. The molecule has 4 heteroatoms. The monoisotopic (exact) mass is 327 g/mol. The molecule has 3 nitrogen and oxygen atoms in total. The minimum Gasteiger partial charge on any atom is -0.488 e. The van der Waals surface area contributed by atoms with E-state index in [0.717, 1.165) is 31.5 Å². The van der Waals surface area contributed by atoms with Crippen LogP contribution in [0, 0.1) is 12.7 Å². The number of nitrogens with zero attached hydrogens (tertiary/aromatic N) is 1. The number of ketones is 1. The van der Waals surface area contributed by atoms with Gasteiger partial charge < -0.3 is 4.74 Å². The quantitative estimate of drug-likeness (QED) is 0.751. The molecule has 0 unspecified atom stereocenters. The molecule has 1 heterocycles. The fourth-order valence-electron chi connectivity index (χ4n) is 2.99. The third kappa shape index (κ3) is 4.01. The van der Waals surface area contributed by atoms with Crippen LogP contribution in [0.5, 0.6) is 5.75 Å². The van der Waals surface area contributed by atoms with Gasteiger partial charge in [-0.25, -0.2) is 4.39 Å². The molecule has 126 valence electrons. The third-order valence-corrected chi connectivity index (χ3v) is 4.34. The van der Waals surface area contributed by atoms with Crippen LogP contribution in [0.1, 0.15) is 34.3 Å². The van der Waals surface area contributed by atoms with Crippen molar-refractivity contribution >= 4 is 5.78 Å². The van der Waals surface area contributed by atoms with E-state index >= 15 is 0 Å². The molecule has 0 aliphatic carbocycles. The van der Waals surface area contributed by atoms with E-state index in [9.17, 15) is 9.18 Å². The molecule has 3 rings (SSSR count). The molecule has 0 aromatic heterocycles. The van der Waals surface area contributed by atoms with Crippen molar-refractivity contribution in [2.24, 2.45) is 0 Å². The van der Waals surface area contributed by atoms with Crippen molar-refractivity contribution < 1.29 is 13.9 Å². The molecule has 0 atom stereocenters. The normalized spacial score (nSPS) is 14.8. The number of carbonyl (C=O) groups excluding carboxylic acids is 1. The summed E-state index contributed by atoms with van der Waals surface area (Å²) < 4.78 is 19.5. The molecule has 0 spiro atoms. The average Bonchev–Trinajstić information content (AvgIpc) is 3.08. The molecule has 0 amide bonds. The summed E-state index contributed by atoms with van der Waals surface area (Å²) in [7, 11) is 0. The van der Waals surface area contributed by atoms with Gasteiger partial charge in [0.25, 0.3) is 0 Å².